The van der Waals surface area contributed by atoms with Crippen LogP contribution in [0.15, 0.2) is 48.5 Å². The molecule has 1 aliphatic heterocycles. The SMILES string of the molecule is CC(C)(Oc1ccc(Cl)cc1)C(=O)N1CCCC1c1cccc(Cl)c1. The van der Waals surface area contributed by atoms with Gasteiger partial charge >= 0.3 is 0 Å². The van der Waals surface area contributed by atoms with Crippen molar-refractivity contribution in [2.24, 2.45) is 0 Å². The minimum Gasteiger partial charge on any atom is -0.478 e. The van der Waals surface area contributed by atoms with Gasteiger partial charge in [-0.15, -0.1) is 0 Å². The van der Waals surface area contributed by atoms with Crippen molar-refractivity contribution < 1.29 is 9.53 Å². The molecule has 3 nitrogen and oxygen atoms in total. The first-order valence-corrected chi connectivity index (χ1v) is 9.13. The van der Waals surface area contributed by atoms with Gasteiger partial charge in [-0.1, -0.05) is 35.3 Å². The zero-order valence-corrected chi connectivity index (χ0v) is 15.8. The summed E-state index contributed by atoms with van der Waals surface area (Å²) in [5, 5.41) is 1.32. The summed E-state index contributed by atoms with van der Waals surface area (Å²) >= 11 is 12.0. The second kappa shape index (κ2) is 7.27. The molecule has 0 spiro atoms. The highest BCUT2D eigenvalue weighted by Crippen LogP contribution is 2.35. The average Bonchev–Trinajstić information content (AvgIpc) is 3.05. The fraction of sp³-hybridized carbons (Fsp3) is 0.350. The minimum atomic E-state index is -0.963. The molecule has 0 bridgehead atoms. The van der Waals surface area contributed by atoms with Crippen LogP contribution in [-0.4, -0.2) is 23.0 Å². The third kappa shape index (κ3) is 4.10. The van der Waals surface area contributed by atoms with E-state index in [-0.39, 0.29) is 11.9 Å². The fourth-order valence-electron chi connectivity index (χ4n) is 3.26. The third-order valence-electron chi connectivity index (χ3n) is 4.45. The molecular weight excluding hydrogens is 357 g/mol. The number of likely N-dealkylation sites (tertiary alicyclic amines) is 1. The first-order valence-electron chi connectivity index (χ1n) is 8.38. The van der Waals surface area contributed by atoms with Crippen LogP contribution in [0.4, 0.5) is 0 Å². The van der Waals surface area contributed by atoms with Crippen LogP contribution in [0.25, 0.3) is 0 Å². The Morgan fingerprint density at radius 2 is 1.84 bits per heavy atom. The van der Waals surface area contributed by atoms with Crippen molar-refractivity contribution in [2.75, 3.05) is 6.54 Å². The zero-order valence-electron chi connectivity index (χ0n) is 14.3. The molecule has 2 aromatic carbocycles. The van der Waals surface area contributed by atoms with E-state index in [0.29, 0.717) is 15.8 Å². The van der Waals surface area contributed by atoms with Crippen molar-refractivity contribution in [3.8, 4) is 5.75 Å². The number of ether oxygens (including phenoxy) is 1. The van der Waals surface area contributed by atoms with Gasteiger partial charge in [0.1, 0.15) is 5.75 Å². The fourth-order valence-corrected chi connectivity index (χ4v) is 3.58. The molecule has 1 atom stereocenters. The highest BCUT2D eigenvalue weighted by molar-refractivity contribution is 6.30. The van der Waals surface area contributed by atoms with E-state index in [0.717, 1.165) is 24.9 Å². The molecule has 5 heteroatoms. The van der Waals surface area contributed by atoms with Crippen molar-refractivity contribution in [3.05, 3.63) is 64.1 Å². The Bertz CT molecular complexity index is 759. The molecule has 25 heavy (non-hydrogen) atoms. The number of amides is 1. The van der Waals surface area contributed by atoms with Gasteiger partial charge in [-0.25, -0.2) is 0 Å². The predicted octanol–water partition coefficient (Wildman–Crippen LogP) is 5.51. The molecule has 0 aromatic heterocycles. The molecule has 1 fully saturated rings. The summed E-state index contributed by atoms with van der Waals surface area (Å²) in [6.45, 7) is 4.33. The van der Waals surface area contributed by atoms with Gasteiger partial charge in [0.2, 0.25) is 0 Å². The molecule has 3 rings (SSSR count). The highest BCUT2D eigenvalue weighted by Gasteiger charge is 2.40. The van der Waals surface area contributed by atoms with Crippen LogP contribution >= 0.6 is 23.2 Å². The lowest BCUT2D eigenvalue weighted by Gasteiger charge is -2.33. The number of benzene rings is 2. The van der Waals surface area contributed by atoms with Crippen molar-refractivity contribution in [2.45, 2.75) is 38.3 Å². The van der Waals surface area contributed by atoms with Crippen LogP contribution in [0.5, 0.6) is 5.75 Å². The molecule has 1 heterocycles. The lowest BCUT2D eigenvalue weighted by atomic mass is 10.0. The topological polar surface area (TPSA) is 29.5 Å². The van der Waals surface area contributed by atoms with Crippen LogP contribution in [0.2, 0.25) is 10.0 Å². The Kier molecular flexibility index (Phi) is 5.26. The number of hydrogen-bond acceptors (Lipinski definition) is 2. The Morgan fingerprint density at radius 1 is 1.12 bits per heavy atom. The molecule has 1 aliphatic rings. The summed E-state index contributed by atoms with van der Waals surface area (Å²) < 4.78 is 5.96. The van der Waals surface area contributed by atoms with E-state index in [4.69, 9.17) is 27.9 Å². The second-order valence-corrected chi connectivity index (χ2v) is 7.65. The summed E-state index contributed by atoms with van der Waals surface area (Å²) in [7, 11) is 0. The average molecular weight is 378 g/mol. The molecule has 0 saturated carbocycles. The number of carbonyl (C=O) groups excluding carboxylic acids is 1. The van der Waals surface area contributed by atoms with Crippen LogP contribution in [0.3, 0.4) is 0 Å². The maximum Gasteiger partial charge on any atom is 0.266 e. The molecule has 0 aliphatic carbocycles. The maximum atomic E-state index is 13.1. The molecule has 0 radical (unpaired) electrons. The Labute approximate surface area is 158 Å². The van der Waals surface area contributed by atoms with Crippen LogP contribution in [0, 0.1) is 0 Å². The molecule has 1 amide bonds. The van der Waals surface area contributed by atoms with Gasteiger partial charge in [0.25, 0.3) is 5.91 Å². The van der Waals surface area contributed by atoms with Crippen molar-refractivity contribution in [3.63, 3.8) is 0 Å². The quantitative estimate of drug-likeness (QED) is 0.702. The van der Waals surface area contributed by atoms with Crippen molar-refractivity contribution >= 4 is 29.1 Å². The van der Waals surface area contributed by atoms with E-state index in [1.54, 1.807) is 38.1 Å². The monoisotopic (exact) mass is 377 g/mol. The predicted molar refractivity (Wildman–Crippen MR) is 101 cm³/mol. The lowest BCUT2D eigenvalue weighted by molar-refractivity contribution is -0.146. The van der Waals surface area contributed by atoms with Gasteiger partial charge in [0.15, 0.2) is 5.60 Å². The lowest BCUT2D eigenvalue weighted by Crippen LogP contribution is -2.48. The van der Waals surface area contributed by atoms with Crippen molar-refractivity contribution in [1.29, 1.82) is 0 Å². The van der Waals surface area contributed by atoms with Gasteiger partial charge in [-0.2, -0.15) is 0 Å². The number of hydrogen-bond donors (Lipinski definition) is 0. The van der Waals surface area contributed by atoms with E-state index < -0.39 is 5.60 Å². The maximum absolute atomic E-state index is 13.1. The number of nitrogens with zero attached hydrogens (tertiary/aromatic N) is 1. The van der Waals surface area contributed by atoms with Gasteiger partial charge in [-0.3, -0.25) is 4.79 Å². The summed E-state index contributed by atoms with van der Waals surface area (Å²) in [5.41, 5.74) is 0.107. The number of halogens is 2. The van der Waals surface area contributed by atoms with E-state index in [1.165, 1.54) is 0 Å². The summed E-state index contributed by atoms with van der Waals surface area (Å²) in [6, 6.07) is 14.8. The van der Waals surface area contributed by atoms with E-state index >= 15 is 0 Å². The molecule has 132 valence electrons. The number of rotatable bonds is 4. The Morgan fingerprint density at radius 3 is 2.52 bits per heavy atom. The van der Waals surface area contributed by atoms with E-state index in [9.17, 15) is 4.79 Å². The molecule has 2 aromatic rings. The third-order valence-corrected chi connectivity index (χ3v) is 4.94. The van der Waals surface area contributed by atoms with Crippen LogP contribution < -0.4 is 4.74 Å². The summed E-state index contributed by atoms with van der Waals surface area (Å²) in [5.74, 6) is 0.603. The zero-order chi connectivity index (χ0) is 18.0. The Hall–Kier alpha value is -1.71. The van der Waals surface area contributed by atoms with Crippen molar-refractivity contribution in [1.82, 2.24) is 4.90 Å². The standard InChI is InChI=1S/C20H21Cl2NO2/c1-20(2,25-17-10-8-15(21)9-11-17)19(24)23-12-4-7-18(23)14-5-3-6-16(22)13-14/h3,5-6,8-11,13,18H,4,7,12H2,1-2H3. The normalized spacial score (nSPS) is 17.6. The first kappa shape index (κ1) is 18.1. The minimum absolute atomic E-state index is 0.0232. The smallest absolute Gasteiger partial charge is 0.266 e. The molecule has 1 unspecified atom stereocenters. The molecule has 0 N–H and O–H groups in total. The largest absolute Gasteiger partial charge is 0.478 e. The van der Waals surface area contributed by atoms with Gasteiger partial charge in [-0.05, 0) is 68.7 Å². The van der Waals surface area contributed by atoms with E-state index in [1.807, 2.05) is 29.2 Å². The second-order valence-electron chi connectivity index (χ2n) is 6.78. The first-order chi connectivity index (χ1) is 11.9. The van der Waals surface area contributed by atoms with Gasteiger partial charge in [0, 0.05) is 16.6 Å². The van der Waals surface area contributed by atoms with Gasteiger partial charge < -0.3 is 9.64 Å². The molecule has 1 saturated heterocycles. The van der Waals surface area contributed by atoms with Gasteiger partial charge in [0.05, 0.1) is 6.04 Å². The highest BCUT2D eigenvalue weighted by atomic mass is 35.5. The summed E-state index contributed by atoms with van der Waals surface area (Å²) in [6.07, 6.45) is 1.91. The Balaban J connectivity index is 1.79. The summed E-state index contributed by atoms with van der Waals surface area (Å²) in [4.78, 5) is 15.1. The van der Waals surface area contributed by atoms with E-state index in [2.05, 4.69) is 0 Å². The molecular formula is C20H21Cl2NO2. The number of carbonyl (C=O) groups is 1. The van der Waals surface area contributed by atoms with Crippen LogP contribution in [0.1, 0.15) is 38.3 Å². The van der Waals surface area contributed by atoms with Crippen LogP contribution in [-0.2, 0) is 4.79 Å².